The summed E-state index contributed by atoms with van der Waals surface area (Å²) in [7, 11) is 0. The van der Waals surface area contributed by atoms with Crippen molar-refractivity contribution in [2.75, 3.05) is 6.61 Å². The molecule has 0 atom stereocenters. The van der Waals surface area contributed by atoms with Crippen LogP contribution in [0.15, 0.2) is 30.3 Å². The number of ketones is 1. The van der Waals surface area contributed by atoms with E-state index in [-0.39, 0.29) is 12.2 Å². The molecule has 1 aromatic carbocycles. The Morgan fingerprint density at radius 3 is 2.12 bits per heavy atom. The summed E-state index contributed by atoms with van der Waals surface area (Å²) < 4.78 is 4.49. The molecule has 1 aromatic rings. The minimum Gasteiger partial charge on any atom is -0.508 e. The van der Waals surface area contributed by atoms with E-state index in [1.165, 1.54) is 6.92 Å². The first kappa shape index (κ1) is 14.2. The zero-order valence-electron chi connectivity index (χ0n) is 9.47. The lowest BCUT2D eigenvalue weighted by atomic mass is 10.3. The van der Waals surface area contributed by atoms with Gasteiger partial charge in [-0.2, -0.15) is 0 Å². The highest BCUT2D eigenvalue weighted by molar-refractivity contribution is 5.94. The van der Waals surface area contributed by atoms with Crippen LogP contribution in [-0.2, 0) is 14.3 Å². The predicted molar refractivity (Wildman–Crippen MR) is 60.0 cm³/mol. The Kier molecular flexibility index (Phi) is 7.49. The van der Waals surface area contributed by atoms with Crippen molar-refractivity contribution >= 4 is 11.8 Å². The number of rotatable bonds is 3. The molecule has 0 saturated heterocycles. The van der Waals surface area contributed by atoms with Crippen molar-refractivity contribution in [2.45, 2.75) is 20.3 Å². The Labute approximate surface area is 94.9 Å². The van der Waals surface area contributed by atoms with E-state index in [0.29, 0.717) is 12.4 Å². The summed E-state index contributed by atoms with van der Waals surface area (Å²) >= 11 is 0. The molecule has 88 valence electrons. The third-order valence-corrected chi connectivity index (χ3v) is 1.45. The fourth-order valence-corrected chi connectivity index (χ4v) is 0.843. The third-order valence-electron chi connectivity index (χ3n) is 1.45. The number of benzene rings is 1. The molecule has 0 aromatic heterocycles. The maximum atomic E-state index is 10.4. The van der Waals surface area contributed by atoms with Gasteiger partial charge >= 0.3 is 5.97 Å². The van der Waals surface area contributed by atoms with Gasteiger partial charge in [-0.1, -0.05) is 18.2 Å². The molecule has 0 amide bonds. The zero-order valence-corrected chi connectivity index (χ0v) is 9.47. The molecule has 1 rings (SSSR count). The van der Waals surface area contributed by atoms with Crippen molar-refractivity contribution in [2.24, 2.45) is 0 Å². The summed E-state index contributed by atoms with van der Waals surface area (Å²) in [6.07, 6.45) is -0.103. The van der Waals surface area contributed by atoms with Gasteiger partial charge in [0.1, 0.15) is 18.0 Å². The number of carbonyl (C=O) groups is 2. The van der Waals surface area contributed by atoms with Crippen LogP contribution in [0.4, 0.5) is 0 Å². The molecule has 1 N–H and O–H groups in total. The Morgan fingerprint density at radius 2 is 1.81 bits per heavy atom. The van der Waals surface area contributed by atoms with Crippen molar-refractivity contribution in [3.05, 3.63) is 30.3 Å². The number of esters is 1. The molecule has 4 nitrogen and oxygen atoms in total. The maximum absolute atomic E-state index is 10.4. The second kappa shape index (κ2) is 8.47. The van der Waals surface area contributed by atoms with Crippen LogP contribution in [0.25, 0.3) is 0 Å². The van der Waals surface area contributed by atoms with E-state index in [4.69, 9.17) is 5.11 Å². The summed E-state index contributed by atoms with van der Waals surface area (Å²) in [5.41, 5.74) is 0. The van der Waals surface area contributed by atoms with Crippen LogP contribution in [0.5, 0.6) is 5.75 Å². The molecule has 0 saturated carbocycles. The Bertz CT molecular complexity index is 319. The van der Waals surface area contributed by atoms with Gasteiger partial charge in [0.2, 0.25) is 0 Å². The standard InChI is InChI=1S/C6H10O3.C6H6O/c1-3-9-6(8)4-5(2)7;7-6-4-2-1-3-5-6/h3-4H2,1-2H3;1-5,7H. The second-order valence-electron chi connectivity index (χ2n) is 3.02. The molecule has 0 bridgehead atoms. The molecule has 0 radical (unpaired) electrons. The fourth-order valence-electron chi connectivity index (χ4n) is 0.843. The molecule has 0 fully saturated rings. The van der Waals surface area contributed by atoms with E-state index < -0.39 is 5.97 Å². The molecular weight excluding hydrogens is 208 g/mol. The second-order valence-corrected chi connectivity index (χ2v) is 3.02. The van der Waals surface area contributed by atoms with Gasteiger partial charge in [-0.15, -0.1) is 0 Å². The van der Waals surface area contributed by atoms with Gasteiger partial charge in [-0.05, 0) is 26.0 Å². The van der Waals surface area contributed by atoms with Crippen LogP contribution in [0.2, 0.25) is 0 Å². The average Bonchev–Trinajstić information content (AvgIpc) is 2.18. The number of carbonyl (C=O) groups excluding carboxylic acids is 2. The van der Waals surface area contributed by atoms with Crippen molar-refractivity contribution < 1.29 is 19.4 Å². The summed E-state index contributed by atoms with van der Waals surface area (Å²) in [6.45, 7) is 3.40. The van der Waals surface area contributed by atoms with Gasteiger partial charge < -0.3 is 9.84 Å². The summed E-state index contributed by atoms with van der Waals surface area (Å²) in [5.74, 6) is -0.277. The molecule has 0 unspecified atom stereocenters. The average molecular weight is 224 g/mol. The number of phenolic OH excluding ortho intramolecular Hbond substituents is 1. The van der Waals surface area contributed by atoms with Gasteiger partial charge in [0.05, 0.1) is 6.61 Å². The molecular formula is C12H16O4. The van der Waals surface area contributed by atoms with Crippen molar-refractivity contribution in [3.8, 4) is 5.75 Å². The van der Waals surface area contributed by atoms with Crippen molar-refractivity contribution in [1.29, 1.82) is 0 Å². The smallest absolute Gasteiger partial charge is 0.313 e. The van der Waals surface area contributed by atoms with Gasteiger partial charge in [0, 0.05) is 0 Å². The SMILES string of the molecule is CCOC(=O)CC(C)=O.Oc1ccccc1. The van der Waals surface area contributed by atoms with Gasteiger partial charge in [0.25, 0.3) is 0 Å². The maximum Gasteiger partial charge on any atom is 0.313 e. The third kappa shape index (κ3) is 8.74. The number of ether oxygens (including phenoxy) is 1. The number of aromatic hydroxyl groups is 1. The molecule has 0 aliphatic heterocycles. The zero-order chi connectivity index (χ0) is 12.4. The van der Waals surface area contributed by atoms with E-state index in [2.05, 4.69) is 4.74 Å². The van der Waals surface area contributed by atoms with Crippen molar-refractivity contribution in [3.63, 3.8) is 0 Å². The lowest BCUT2D eigenvalue weighted by molar-refractivity contribution is -0.145. The predicted octanol–water partition coefficient (Wildman–Crippen LogP) is 1.92. The lowest BCUT2D eigenvalue weighted by Gasteiger charge is -1.96. The van der Waals surface area contributed by atoms with Crippen molar-refractivity contribution in [1.82, 2.24) is 0 Å². The molecule has 4 heteroatoms. The first-order valence-electron chi connectivity index (χ1n) is 4.95. The number of para-hydroxylation sites is 1. The van der Waals surface area contributed by atoms with E-state index in [0.717, 1.165) is 0 Å². The Morgan fingerprint density at radius 1 is 1.25 bits per heavy atom. The normalized spacial score (nSPS) is 8.62. The lowest BCUT2D eigenvalue weighted by Crippen LogP contribution is -2.07. The van der Waals surface area contributed by atoms with Gasteiger partial charge in [0.15, 0.2) is 0 Å². The van der Waals surface area contributed by atoms with Crippen LogP contribution < -0.4 is 0 Å². The minimum atomic E-state index is -0.440. The molecule has 16 heavy (non-hydrogen) atoms. The molecule has 0 aliphatic rings. The largest absolute Gasteiger partial charge is 0.508 e. The minimum absolute atomic E-state index is 0.103. The quantitative estimate of drug-likeness (QED) is 0.629. The molecule has 0 spiro atoms. The number of Topliss-reactive ketones (excluding diaryl/α,β-unsaturated/α-hetero) is 1. The first-order chi connectivity index (χ1) is 7.56. The number of hydrogen-bond acceptors (Lipinski definition) is 4. The topological polar surface area (TPSA) is 63.6 Å². The van der Waals surface area contributed by atoms with E-state index in [9.17, 15) is 9.59 Å². The summed E-state index contributed by atoms with van der Waals surface area (Å²) in [6, 6.07) is 8.71. The van der Waals surface area contributed by atoms with Crippen LogP contribution in [0, 0.1) is 0 Å². The van der Waals surface area contributed by atoms with Crippen LogP contribution >= 0.6 is 0 Å². The molecule has 0 heterocycles. The Balaban J connectivity index is 0.000000288. The highest BCUT2D eigenvalue weighted by Crippen LogP contribution is 2.02. The Hall–Kier alpha value is -1.84. The van der Waals surface area contributed by atoms with E-state index >= 15 is 0 Å². The van der Waals surface area contributed by atoms with E-state index in [1.807, 2.05) is 6.07 Å². The van der Waals surface area contributed by atoms with Gasteiger partial charge in [-0.25, -0.2) is 0 Å². The highest BCUT2D eigenvalue weighted by atomic mass is 16.5. The van der Waals surface area contributed by atoms with Gasteiger partial charge in [-0.3, -0.25) is 9.59 Å². The highest BCUT2D eigenvalue weighted by Gasteiger charge is 2.03. The monoisotopic (exact) mass is 224 g/mol. The number of phenols is 1. The first-order valence-corrected chi connectivity index (χ1v) is 4.95. The number of hydrogen-bond donors (Lipinski definition) is 1. The van der Waals surface area contributed by atoms with Crippen LogP contribution in [-0.4, -0.2) is 23.5 Å². The summed E-state index contributed by atoms with van der Waals surface area (Å²) in [4.78, 5) is 20.6. The van der Waals surface area contributed by atoms with E-state index in [1.54, 1.807) is 31.2 Å². The molecule has 0 aliphatic carbocycles. The van der Waals surface area contributed by atoms with Crippen LogP contribution in [0.1, 0.15) is 20.3 Å². The fraction of sp³-hybridized carbons (Fsp3) is 0.333. The summed E-state index contributed by atoms with van der Waals surface area (Å²) in [5, 5.41) is 8.63. The van der Waals surface area contributed by atoms with Crippen LogP contribution in [0.3, 0.4) is 0 Å².